The van der Waals surface area contributed by atoms with E-state index in [0.717, 1.165) is 119 Å². The number of aliphatic hydroxyl groups is 1. The number of carbonyl (C=O) groups excluding carboxylic acids is 2. The van der Waals surface area contributed by atoms with E-state index in [1.165, 1.54) is 6.07 Å². The van der Waals surface area contributed by atoms with Crippen molar-refractivity contribution in [2.24, 2.45) is 11.8 Å². The topological polar surface area (TPSA) is 114 Å². The monoisotopic (exact) mass is 924 g/mol. The predicted molar refractivity (Wildman–Crippen MR) is 263 cm³/mol. The van der Waals surface area contributed by atoms with Crippen LogP contribution >= 0.6 is 11.6 Å². The lowest BCUT2D eigenvalue weighted by molar-refractivity contribution is -0.164. The molecule has 11 heteroatoms. The molecule has 4 aliphatic rings. The molecular weight excluding hydrogens is 859 g/mol. The highest BCUT2D eigenvalue weighted by atomic mass is 35.5. The summed E-state index contributed by atoms with van der Waals surface area (Å²) >= 11 is 6.91. The Bertz CT molecular complexity index is 2660. The normalized spacial score (nSPS) is 20.6. The van der Waals surface area contributed by atoms with Crippen LogP contribution in [0.5, 0.6) is 0 Å². The first kappa shape index (κ1) is 45.7. The van der Waals surface area contributed by atoms with Crippen molar-refractivity contribution in [3.05, 3.63) is 131 Å². The standard InChI is InChI=1S/C56H66ClFN6O3/c57-44-36-49-47(37-45(44)58)62-52(51(65)39-23-9-2-10-24-39)64(49)56(41-27-13-4-14-28-41,54(67)60-43-31-17-6-18-32-43)55(40-25-11-3-12-26-40,53(66)59-42-29-15-5-16-30-42)63-48-34-20-19-33-46(48)61-50(63)35-38-21-7-1-8-22-38/h1-2,7-10,19-24,33-34,36-37,40-43,51,65H,3-6,11-18,25-32,35H2,(H,59,66)(H,60,67). The second-order valence-corrected chi connectivity index (χ2v) is 20.6. The van der Waals surface area contributed by atoms with Gasteiger partial charge in [0, 0.05) is 24.6 Å². The first-order chi connectivity index (χ1) is 32.8. The summed E-state index contributed by atoms with van der Waals surface area (Å²) in [6.07, 6.45) is 16.8. The zero-order chi connectivity index (χ0) is 46.0. The molecule has 67 heavy (non-hydrogen) atoms. The van der Waals surface area contributed by atoms with Crippen LogP contribution in [0.25, 0.3) is 22.1 Å². The van der Waals surface area contributed by atoms with Crippen molar-refractivity contribution in [1.29, 1.82) is 0 Å². The smallest absolute Gasteiger partial charge is 0.249 e. The van der Waals surface area contributed by atoms with Crippen molar-refractivity contribution < 1.29 is 19.1 Å². The maximum absolute atomic E-state index is 17.5. The van der Waals surface area contributed by atoms with E-state index in [4.69, 9.17) is 21.6 Å². The zero-order valence-electron chi connectivity index (χ0n) is 38.8. The minimum atomic E-state index is -1.80. The molecule has 2 aromatic heterocycles. The van der Waals surface area contributed by atoms with Crippen LogP contribution in [0, 0.1) is 17.7 Å². The van der Waals surface area contributed by atoms with E-state index in [1.807, 2.05) is 71.3 Å². The van der Waals surface area contributed by atoms with Crippen LogP contribution in [-0.2, 0) is 27.1 Å². The molecule has 0 saturated heterocycles. The van der Waals surface area contributed by atoms with Gasteiger partial charge in [0.25, 0.3) is 0 Å². The van der Waals surface area contributed by atoms with Crippen molar-refractivity contribution in [2.45, 2.75) is 164 Å². The van der Waals surface area contributed by atoms with Crippen molar-refractivity contribution >= 4 is 45.5 Å². The van der Waals surface area contributed by atoms with Crippen molar-refractivity contribution in [3.63, 3.8) is 0 Å². The molecule has 10 rings (SSSR count). The third-order valence-electron chi connectivity index (χ3n) is 16.2. The number of aliphatic hydroxyl groups excluding tert-OH is 1. The third kappa shape index (κ3) is 8.38. The van der Waals surface area contributed by atoms with Crippen LogP contribution in [0.2, 0.25) is 5.02 Å². The molecular formula is C56H66ClFN6O3. The van der Waals surface area contributed by atoms with Gasteiger partial charge in [-0.2, -0.15) is 0 Å². The minimum absolute atomic E-state index is 0.0977. The van der Waals surface area contributed by atoms with E-state index in [9.17, 15) is 5.11 Å². The number of nitrogens with zero attached hydrogens (tertiary/aromatic N) is 4. The number of carbonyl (C=O) groups is 2. The number of benzene rings is 4. The quantitative estimate of drug-likeness (QED) is 0.107. The lowest BCUT2D eigenvalue weighted by atomic mass is 9.55. The van der Waals surface area contributed by atoms with E-state index in [1.54, 1.807) is 6.07 Å². The molecule has 3 N–H and O–H groups in total. The van der Waals surface area contributed by atoms with Gasteiger partial charge >= 0.3 is 0 Å². The van der Waals surface area contributed by atoms with Crippen molar-refractivity contribution in [3.8, 4) is 0 Å². The number of fused-ring (bicyclic) bond motifs is 2. The number of hydrogen-bond acceptors (Lipinski definition) is 5. The van der Waals surface area contributed by atoms with E-state index in [0.29, 0.717) is 49.0 Å². The predicted octanol–water partition coefficient (Wildman–Crippen LogP) is 12.0. The van der Waals surface area contributed by atoms with Crippen LogP contribution in [0.4, 0.5) is 4.39 Å². The average molecular weight is 926 g/mol. The molecule has 352 valence electrons. The summed E-state index contributed by atoms with van der Waals surface area (Å²) in [6.45, 7) is 0. The highest BCUT2D eigenvalue weighted by Crippen LogP contribution is 2.58. The Morgan fingerprint density at radius 2 is 1.10 bits per heavy atom. The van der Waals surface area contributed by atoms with Crippen LogP contribution in [0.3, 0.4) is 0 Å². The van der Waals surface area contributed by atoms with Crippen molar-refractivity contribution in [2.75, 3.05) is 0 Å². The van der Waals surface area contributed by atoms with E-state index in [-0.39, 0.29) is 46.2 Å². The number of amides is 2. The van der Waals surface area contributed by atoms with Crippen LogP contribution in [0.1, 0.15) is 157 Å². The molecule has 4 saturated carbocycles. The maximum Gasteiger partial charge on any atom is 0.249 e. The highest BCUT2D eigenvalue weighted by Gasteiger charge is 2.71. The Hall–Kier alpha value is -5.06. The highest BCUT2D eigenvalue weighted by molar-refractivity contribution is 6.31. The summed E-state index contributed by atoms with van der Waals surface area (Å²) in [4.78, 5) is 45.6. The van der Waals surface area contributed by atoms with Gasteiger partial charge in [-0.3, -0.25) is 9.59 Å². The Balaban J connectivity index is 1.41. The van der Waals surface area contributed by atoms with Gasteiger partial charge in [-0.25, -0.2) is 14.4 Å². The lowest BCUT2D eigenvalue weighted by Gasteiger charge is -2.59. The second-order valence-electron chi connectivity index (χ2n) is 20.2. The van der Waals surface area contributed by atoms with E-state index < -0.39 is 28.9 Å². The molecule has 3 unspecified atom stereocenters. The molecule has 4 fully saturated rings. The van der Waals surface area contributed by atoms with Gasteiger partial charge in [0.05, 0.1) is 27.1 Å². The van der Waals surface area contributed by atoms with Gasteiger partial charge in [-0.05, 0) is 92.5 Å². The zero-order valence-corrected chi connectivity index (χ0v) is 39.5. The molecule has 0 radical (unpaired) electrons. The van der Waals surface area contributed by atoms with Crippen LogP contribution < -0.4 is 10.6 Å². The molecule has 2 heterocycles. The number of aromatic nitrogens is 4. The molecule has 4 aliphatic carbocycles. The molecule has 0 spiro atoms. The van der Waals surface area contributed by atoms with Gasteiger partial charge in [0.15, 0.2) is 11.1 Å². The number of nitrogens with one attached hydrogen (secondary N) is 2. The van der Waals surface area contributed by atoms with Crippen LogP contribution in [-0.4, -0.2) is 48.1 Å². The summed E-state index contributed by atoms with van der Waals surface area (Å²) in [5.74, 6) is -1.01. The fraction of sp³-hybridized carbons (Fsp3) is 0.500. The number of halogens is 2. The molecule has 4 aromatic carbocycles. The first-order valence-corrected chi connectivity index (χ1v) is 25.9. The van der Waals surface area contributed by atoms with Gasteiger partial charge < -0.3 is 24.9 Å². The summed E-state index contributed by atoms with van der Waals surface area (Å²) < 4.78 is 20.2. The molecule has 0 aliphatic heterocycles. The van der Waals surface area contributed by atoms with E-state index >= 15 is 14.0 Å². The van der Waals surface area contributed by atoms with Crippen LogP contribution in [0.15, 0.2) is 97.1 Å². The number of imidazole rings is 2. The molecule has 3 atom stereocenters. The summed E-state index contributed by atoms with van der Waals surface area (Å²) in [5, 5.41) is 20.4. The first-order valence-electron chi connectivity index (χ1n) is 25.5. The molecule has 9 nitrogen and oxygen atoms in total. The van der Waals surface area contributed by atoms with Gasteiger partial charge in [0.2, 0.25) is 11.8 Å². The SMILES string of the molecule is O=C(NC1CCCCC1)C(C1CCCCC1)(n1c(Cc2ccccc2)nc2ccccc21)C(C(=O)NC1CCCCC1)(C1CCCCC1)n1c(C(O)c2ccccc2)nc2cc(F)c(Cl)cc21. The Kier molecular flexibility index (Phi) is 13.6. The fourth-order valence-corrected chi connectivity index (χ4v) is 13.3. The van der Waals surface area contributed by atoms with Crippen molar-refractivity contribution in [1.82, 2.24) is 29.7 Å². The number of hydrogen-bond donors (Lipinski definition) is 3. The van der Waals surface area contributed by atoms with Gasteiger partial charge in [-0.1, -0.05) is 161 Å². The molecule has 6 aromatic rings. The summed E-state index contributed by atoms with van der Waals surface area (Å²) in [7, 11) is 0. The Morgan fingerprint density at radius 3 is 1.67 bits per heavy atom. The van der Waals surface area contributed by atoms with Gasteiger partial charge in [-0.15, -0.1) is 0 Å². The third-order valence-corrected chi connectivity index (χ3v) is 16.5. The lowest BCUT2D eigenvalue weighted by Crippen LogP contribution is -2.76. The summed E-state index contributed by atoms with van der Waals surface area (Å²) in [5.41, 5.74) is 0.311. The Morgan fingerprint density at radius 1 is 0.612 bits per heavy atom. The number of para-hydroxylation sites is 2. The van der Waals surface area contributed by atoms with Gasteiger partial charge in [0.1, 0.15) is 23.6 Å². The fourth-order valence-electron chi connectivity index (χ4n) is 13.2. The van der Waals surface area contributed by atoms with E-state index in [2.05, 4.69) is 33.4 Å². The largest absolute Gasteiger partial charge is 0.380 e. The molecule has 2 amide bonds. The average Bonchev–Trinajstić information content (AvgIpc) is 3.92. The second kappa shape index (κ2) is 19.9. The molecule has 0 bridgehead atoms. The summed E-state index contributed by atoms with van der Waals surface area (Å²) in [6, 6.07) is 30.5. The Labute approximate surface area is 399 Å². The number of rotatable bonds is 13. The maximum atomic E-state index is 17.5. The minimum Gasteiger partial charge on any atom is -0.380 e.